The van der Waals surface area contributed by atoms with Crippen LogP contribution in [0, 0.1) is 11.8 Å². The zero-order chi connectivity index (χ0) is 10.8. The summed E-state index contributed by atoms with van der Waals surface area (Å²) in [6.45, 7) is 6.36. The minimum atomic E-state index is -0.659. The molecule has 82 valence electrons. The van der Waals surface area contributed by atoms with Crippen LogP contribution in [0.2, 0.25) is 0 Å². The van der Waals surface area contributed by atoms with E-state index in [1.54, 1.807) is 6.92 Å². The summed E-state index contributed by atoms with van der Waals surface area (Å²) >= 11 is 2.02. The molecular weight excluding hydrogens is 196 g/mol. The fourth-order valence-electron chi connectivity index (χ4n) is 2.00. The first-order valence-corrected chi connectivity index (χ1v) is 6.29. The molecule has 1 N–H and O–H groups in total. The molecule has 1 saturated heterocycles. The van der Waals surface area contributed by atoms with Crippen molar-refractivity contribution in [2.45, 2.75) is 44.8 Å². The number of hydrogen-bond acceptors (Lipinski definition) is 2. The van der Waals surface area contributed by atoms with Gasteiger partial charge in [0.15, 0.2) is 0 Å². The second kappa shape index (κ2) is 4.56. The molecule has 0 bridgehead atoms. The molecule has 1 heterocycles. The van der Waals surface area contributed by atoms with E-state index in [0.29, 0.717) is 10.7 Å². The van der Waals surface area contributed by atoms with Gasteiger partial charge in [0.05, 0.1) is 5.92 Å². The van der Waals surface area contributed by atoms with Gasteiger partial charge in [-0.3, -0.25) is 4.79 Å². The van der Waals surface area contributed by atoms with E-state index in [0.717, 1.165) is 12.8 Å². The highest BCUT2D eigenvalue weighted by Crippen LogP contribution is 2.44. The number of carbonyl (C=O) groups is 1. The summed E-state index contributed by atoms with van der Waals surface area (Å²) in [5.74, 6) is 1.10. The van der Waals surface area contributed by atoms with Gasteiger partial charge in [0.2, 0.25) is 0 Å². The summed E-state index contributed by atoms with van der Waals surface area (Å²) in [7, 11) is 0. The molecule has 0 aromatic heterocycles. The Bertz CT molecular complexity index is 213. The maximum absolute atomic E-state index is 10.7. The lowest BCUT2D eigenvalue weighted by Gasteiger charge is -2.26. The van der Waals surface area contributed by atoms with Crippen LogP contribution in [0.5, 0.6) is 0 Å². The lowest BCUT2D eigenvalue weighted by molar-refractivity contribution is -0.141. The SMILES string of the molecule is CC(CCC1CCSC1(C)C)C(=O)O. The van der Waals surface area contributed by atoms with Crippen LogP contribution in [-0.4, -0.2) is 21.6 Å². The molecule has 0 aromatic rings. The standard InChI is InChI=1S/C11H20O2S/c1-8(10(12)13)4-5-9-6-7-14-11(9,2)3/h8-9H,4-7H2,1-3H3,(H,12,13). The first kappa shape index (κ1) is 11.9. The second-order valence-corrected chi connectivity index (χ2v) is 6.50. The molecule has 1 aliphatic rings. The van der Waals surface area contributed by atoms with Gasteiger partial charge in [-0.15, -0.1) is 0 Å². The van der Waals surface area contributed by atoms with E-state index in [4.69, 9.17) is 5.11 Å². The molecule has 0 aliphatic carbocycles. The van der Waals surface area contributed by atoms with Crippen LogP contribution in [0.1, 0.15) is 40.0 Å². The van der Waals surface area contributed by atoms with Crippen LogP contribution in [0.25, 0.3) is 0 Å². The average Bonchev–Trinajstić information content (AvgIpc) is 2.40. The molecule has 0 radical (unpaired) electrons. The number of carboxylic acid groups (broad SMARTS) is 1. The van der Waals surface area contributed by atoms with Crippen molar-refractivity contribution in [3.8, 4) is 0 Å². The van der Waals surface area contributed by atoms with Crippen molar-refractivity contribution in [1.29, 1.82) is 0 Å². The van der Waals surface area contributed by atoms with Crippen LogP contribution in [0.3, 0.4) is 0 Å². The Kier molecular flexibility index (Phi) is 3.87. The third kappa shape index (κ3) is 2.91. The van der Waals surface area contributed by atoms with Gasteiger partial charge < -0.3 is 5.11 Å². The summed E-state index contributed by atoms with van der Waals surface area (Å²) < 4.78 is 0.359. The molecule has 14 heavy (non-hydrogen) atoms. The van der Waals surface area contributed by atoms with Crippen molar-refractivity contribution in [3.05, 3.63) is 0 Å². The number of aliphatic carboxylic acids is 1. The van der Waals surface area contributed by atoms with Crippen molar-refractivity contribution in [3.63, 3.8) is 0 Å². The first-order chi connectivity index (χ1) is 6.43. The molecule has 3 heteroatoms. The smallest absolute Gasteiger partial charge is 0.306 e. The summed E-state index contributed by atoms with van der Waals surface area (Å²) in [6, 6.07) is 0. The van der Waals surface area contributed by atoms with E-state index in [1.807, 2.05) is 11.8 Å². The fourth-order valence-corrected chi connectivity index (χ4v) is 3.40. The lowest BCUT2D eigenvalue weighted by Crippen LogP contribution is -2.23. The number of hydrogen-bond donors (Lipinski definition) is 1. The second-order valence-electron chi connectivity index (χ2n) is 4.75. The summed E-state index contributed by atoms with van der Waals surface area (Å²) in [5, 5.41) is 8.78. The summed E-state index contributed by atoms with van der Waals surface area (Å²) in [5.41, 5.74) is 0. The van der Waals surface area contributed by atoms with E-state index in [2.05, 4.69) is 13.8 Å². The van der Waals surface area contributed by atoms with Crippen LogP contribution in [0.4, 0.5) is 0 Å². The minimum Gasteiger partial charge on any atom is -0.481 e. The monoisotopic (exact) mass is 216 g/mol. The van der Waals surface area contributed by atoms with E-state index in [1.165, 1.54) is 12.2 Å². The molecule has 2 atom stereocenters. The molecule has 0 spiro atoms. The molecule has 0 saturated carbocycles. The Morgan fingerprint density at radius 2 is 2.29 bits per heavy atom. The zero-order valence-corrected chi connectivity index (χ0v) is 10.1. The van der Waals surface area contributed by atoms with Crippen molar-refractivity contribution in [2.24, 2.45) is 11.8 Å². The molecule has 1 aliphatic heterocycles. The third-order valence-electron chi connectivity index (χ3n) is 3.29. The highest BCUT2D eigenvalue weighted by atomic mass is 32.2. The van der Waals surface area contributed by atoms with Gasteiger partial charge in [0, 0.05) is 4.75 Å². The quantitative estimate of drug-likeness (QED) is 0.785. The van der Waals surface area contributed by atoms with E-state index >= 15 is 0 Å². The number of rotatable bonds is 4. The van der Waals surface area contributed by atoms with E-state index < -0.39 is 5.97 Å². The zero-order valence-electron chi connectivity index (χ0n) is 9.25. The van der Waals surface area contributed by atoms with Gasteiger partial charge >= 0.3 is 5.97 Å². The van der Waals surface area contributed by atoms with Crippen LogP contribution in [-0.2, 0) is 4.79 Å². The molecule has 0 amide bonds. The van der Waals surface area contributed by atoms with E-state index in [-0.39, 0.29) is 5.92 Å². The van der Waals surface area contributed by atoms with Crippen molar-refractivity contribution in [2.75, 3.05) is 5.75 Å². The van der Waals surface area contributed by atoms with E-state index in [9.17, 15) is 4.79 Å². The molecule has 2 nitrogen and oxygen atoms in total. The number of carboxylic acids is 1. The predicted octanol–water partition coefficient (Wildman–Crippen LogP) is 3.02. The highest BCUT2D eigenvalue weighted by molar-refractivity contribution is 8.00. The Hall–Kier alpha value is -0.180. The van der Waals surface area contributed by atoms with Crippen LogP contribution in [0.15, 0.2) is 0 Å². The Morgan fingerprint density at radius 1 is 1.64 bits per heavy atom. The van der Waals surface area contributed by atoms with Gasteiger partial charge in [-0.25, -0.2) is 0 Å². The van der Waals surface area contributed by atoms with Gasteiger partial charge in [-0.05, 0) is 30.9 Å². The Labute approximate surface area is 90.5 Å². The largest absolute Gasteiger partial charge is 0.481 e. The van der Waals surface area contributed by atoms with Gasteiger partial charge in [-0.2, -0.15) is 11.8 Å². The molecule has 2 unspecified atom stereocenters. The fraction of sp³-hybridized carbons (Fsp3) is 0.909. The molecule has 1 rings (SSSR count). The third-order valence-corrected chi connectivity index (χ3v) is 4.81. The maximum atomic E-state index is 10.7. The number of thioether (sulfide) groups is 1. The molecular formula is C11H20O2S. The van der Waals surface area contributed by atoms with Gasteiger partial charge in [0.25, 0.3) is 0 Å². The van der Waals surface area contributed by atoms with Crippen molar-refractivity contribution < 1.29 is 9.90 Å². The Balaban J connectivity index is 2.34. The van der Waals surface area contributed by atoms with Crippen molar-refractivity contribution >= 4 is 17.7 Å². The first-order valence-electron chi connectivity index (χ1n) is 5.30. The van der Waals surface area contributed by atoms with Crippen molar-refractivity contribution in [1.82, 2.24) is 0 Å². The van der Waals surface area contributed by atoms with Gasteiger partial charge in [0.1, 0.15) is 0 Å². The van der Waals surface area contributed by atoms with Gasteiger partial charge in [-0.1, -0.05) is 20.8 Å². The lowest BCUT2D eigenvalue weighted by atomic mass is 9.86. The Morgan fingerprint density at radius 3 is 2.71 bits per heavy atom. The highest BCUT2D eigenvalue weighted by Gasteiger charge is 2.35. The van der Waals surface area contributed by atoms with Crippen LogP contribution >= 0.6 is 11.8 Å². The summed E-state index contributed by atoms with van der Waals surface area (Å²) in [6.07, 6.45) is 3.14. The molecule has 0 aromatic carbocycles. The average molecular weight is 216 g/mol. The minimum absolute atomic E-state index is 0.184. The summed E-state index contributed by atoms with van der Waals surface area (Å²) in [4.78, 5) is 10.7. The maximum Gasteiger partial charge on any atom is 0.306 e. The topological polar surface area (TPSA) is 37.3 Å². The normalized spacial score (nSPS) is 27.5. The molecule has 1 fully saturated rings. The van der Waals surface area contributed by atoms with Crippen LogP contribution < -0.4 is 0 Å². The predicted molar refractivity (Wildman–Crippen MR) is 60.7 cm³/mol.